The molecular weight excluding hydrogens is 240 g/mol. The third kappa shape index (κ3) is 3.23. The summed E-state index contributed by atoms with van der Waals surface area (Å²) < 4.78 is 0. The van der Waals surface area contributed by atoms with Crippen LogP contribution in [-0.4, -0.2) is 28.9 Å². The molecule has 1 saturated heterocycles. The minimum Gasteiger partial charge on any atom is -0.339 e. The molecule has 0 unspecified atom stereocenters. The van der Waals surface area contributed by atoms with E-state index in [4.69, 9.17) is 5.84 Å². The van der Waals surface area contributed by atoms with Gasteiger partial charge in [-0.3, -0.25) is 4.79 Å². The molecule has 0 aromatic carbocycles. The number of anilines is 1. The SMILES string of the molecule is CCc1cc(C(=O)N2CCC(C)CC2)cc(NN)n1. The Morgan fingerprint density at radius 1 is 1.47 bits per heavy atom. The number of hydrazine groups is 1. The summed E-state index contributed by atoms with van der Waals surface area (Å²) in [5.74, 6) is 6.75. The van der Waals surface area contributed by atoms with Gasteiger partial charge >= 0.3 is 0 Å². The second-order valence-electron chi connectivity index (χ2n) is 5.21. The largest absolute Gasteiger partial charge is 0.339 e. The van der Waals surface area contributed by atoms with Gasteiger partial charge in [0.2, 0.25) is 0 Å². The first-order chi connectivity index (χ1) is 9.13. The number of aryl methyl sites for hydroxylation is 1. The highest BCUT2D eigenvalue weighted by Gasteiger charge is 2.22. The smallest absolute Gasteiger partial charge is 0.254 e. The van der Waals surface area contributed by atoms with E-state index in [0.29, 0.717) is 17.3 Å². The number of piperidine rings is 1. The fraction of sp³-hybridized carbons (Fsp3) is 0.571. The molecule has 0 aliphatic carbocycles. The number of nitrogen functional groups attached to an aromatic ring is 1. The molecule has 2 rings (SSSR count). The Kier molecular flexibility index (Phi) is 4.37. The van der Waals surface area contributed by atoms with Crippen LogP contribution in [0.4, 0.5) is 5.82 Å². The van der Waals surface area contributed by atoms with Crippen LogP contribution in [0.15, 0.2) is 12.1 Å². The van der Waals surface area contributed by atoms with Gasteiger partial charge in [-0.2, -0.15) is 0 Å². The number of likely N-dealkylation sites (tertiary alicyclic amines) is 1. The maximum absolute atomic E-state index is 12.5. The molecular formula is C14H22N4O. The molecule has 0 bridgehead atoms. The fourth-order valence-corrected chi connectivity index (χ4v) is 2.36. The number of rotatable bonds is 3. The average Bonchev–Trinajstić information content (AvgIpc) is 2.46. The number of nitrogens with one attached hydrogen (secondary N) is 1. The Balaban J connectivity index is 2.18. The molecule has 1 aliphatic heterocycles. The summed E-state index contributed by atoms with van der Waals surface area (Å²) in [5, 5.41) is 0. The number of nitrogens with zero attached hydrogens (tertiary/aromatic N) is 2. The standard InChI is InChI=1S/C14H22N4O/c1-3-12-8-11(9-13(16-12)17-15)14(19)18-6-4-10(2)5-7-18/h8-10H,3-7,15H2,1-2H3,(H,16,17). The van der Waals surface area contributed by atoms with Crippen molar-refractivity contribution >= 4 is 11.7 Å². The summed E-state index contributed by atoms with van der Waals surface area (Å²) in [6, 6.07) is 3.58. The zero-order valence-electron chi connectivity index (χ0n) is 11.6. The summed E-state index contributed by atoms with van der Waals surface area (Å²) >= 11 is 0. The van der Waals surface area contributed by atoms with E-state index >= 15 is 0 Å². The summed E-state index contributed by atoms with van der Waals surface area (Å²) in [5.41, 5.74) is 4.08. The van der Waals surface area contributed by atoms with Gasteiger partial charge in [0.15, 0.2) is 0 Å². The van der Waals surface area contributed by atoms with Gasteiger partial charge < -0.3 is 10.3 Å². The van der Waals surface area contributed by atoms with Crippen LogP contribution in [0.2, 0.25) is 0 Å². The van der Waals surface area contributed by atoms with Gasteiger partial charge in [0, 0.05) is 24.3 Å². The second kappa shape index (κ2) is 6.02. The quantitative estimate of drug-likeness (QED) is 0.643. The van der Waals surface area contributed by atoms with Crippen LogP contribution >= 0.6 is 0 Å². The molecule has 5 nitrogen and oxygen atoms in total. The zero-order chi connectivity index (χ0) is 13.8. The summed E-state index contributed by atoms with van der Waals surface area (Å²) in [4.78, 5) is 18.7. The third-order valence-electron chi connectivity index (χ3n) is 3.71. The minimum absolute atomic E-state index is 0.0838. The number of hydrogen-bond acceptors (Lipinski definition) is 4. The van der Waals surface area contributed by atoms with Crippen LogP contribution in [0.5, 0.6) is 0 Å². The van der Waals surface area contributed by atoms with E-state index in [1.807, 2.05) is 17.9 Å². The van der Waals surface area contributed by atoms with Crippen molar-refractivity contribution in [3.63, 3.8) is 0 Å². The Morgan fingerprint density at radius 2 is 2.16 bits per heavy atom. The van der Waals surface area contributed by atoms with Gasteiger partial charge in [0.05, 0.1) is 0 Å². The number of pyridine rings is 1. The lowest BCUT2D eigenvalue weighted by Crippen LogP contribution is -2.38. The fourth-order valence-electron chi connectivity index (χ4n) is 2.36. The highest BCUT2D eigenvalue weighted by atomic mass is 16.2. The molecule has 1 fully saturated rings. The van der Waals surface area contributed by atoms with Gasteiger partial charge in [0.25, 0.3) is 5.91 Å². The normalized spacial score (nSPS) is 16.5. The molecule has 104 valence electrons. The number of carbonyl (C=O) groups is 1. The van der Waals surface area contributed by atoms with Crippen LogP contribution in [0.1, 0.15) is 42.7 Å². The Hall–Kier alpha value is -1.62. The molecule has 0 radical (unpaired) electrons. The zero-order valence-corrected chi connectivity index (χ0v) is 11.6. The van der Waals surface area contributed by atoms with Crippen molar-refractivity contribution in [1.82, 2.24) is 9.88 Å². The molecule has 2 heterocycles. The molecule has 1 aliphatic rings. The Morgan fingerprint density at radius 3 is 2.74 bits per heavy atom. The van der Waals surface area contributed by atoms with Crippen LogP contribution in [0, 0.1) is 5.92 Å². The number of amides is 1. The van der Waals surface area contributed by atoms with Crippen LogP contribution in [-0.2, 0) is 6.42 Å². The van der Waals surface area contributed by atoms with E-state index in [9.17, 15) is 4.79 Å². The predicted octanol–water partition coefficient (Wildman–Crippen LogP) is 1.80. The van der Waals surface area contributed by atoms with Crippen LogP contribution in [0.3, 0.4) is 0 Å². The van der Waals surface area contributed by atoms with Gasteiger partial charge in [-0.25, -0.2) is 10.8 Å². The molecule has 0 spiro atoms. The van der Waals surface area contributed by atoms with Crippen molar-refractivity contribution in [2.24, 2.45) is 11.8 Å². The highest BCUT2D eigenvalue weighted by Crippen LogP contribution is 2.19. The van der Waals surface area contributed by atoms with E-state index < -0.39 is 0 Å². The molecule has 1 amide bonds. The minimum atomic E-state index is 0.0838. The topological polar surface area (TPSA) is 71.2 Å². The van der Waals surface area contributed by atoms with Crippen LogP contribution in [0.25, 0.3) is 0 Å². The lowest BCUT2D eigenvalue weighted by Gasteiger charge is -2.30. The van der Waals surface area contributed by atoms with Crippen molar-refractivity contribution in [3.8, 4) is 0 Å². The third-order valence-corrected chi connectivity index (χ3v) is 3.71. The van der Waals surface area contributed by atoms with Gasteiger partial charge in [-0.05, 0) is 37.3 Å². The molecule has 1 aromatic rings. The molecule has 19 heavy (non-hydrogen) atoms. The van der Waals surface area contributed by atoms with E-state index in [0.717, 1.165) is 38.0 Å². The summed E-state index contributed by atoms with van der Waals surface area (Å²) in [6.45, 7) is 5.93. The van der Waals surface area contributed by atoms with Gasteiger partial charge in [-0.1, -0.05) is 13.8 Å². The van der Waals surface area contributed by atoms with E-state index in [-0.39, 0.29) is 5.91 Å². The van der Waals surface area contributed by atoms with E-state index in [2.05, 4.69) is 17.3 Å². The lowest BCUT2D eigenvalue weighted by molar-refractivity contribution is 0.0697. The van der Waals surface area contributed by atoms with E-state index in [1.165, 1.54) is 0 Å². The summed E-state index contributed by atoms with van der Waals surface area (Å²) in [7, 11) is 0. The molecule has 3 N–H and O–H groups in total. The highest BCUT2D eigenvalue weighted by molar-refractivity contribution is 5.95. The molecule has 0 saturated carbocycles. The van der Waals surface area contributed by atoms with Crippen molar-refractivity contribution in [2.75, 3.05) is 18.5 Å². The maximum atomic E-state index is 12.5. The second-order valence-corrected chi connectivity index (χ2v) is 5.21. The lowest BCUT2D eigenvalue weighted by atomic mass is 9.98. The summed E-state index contributed by atoms with van der Waals surface area (Å²) in [6.07, 6.45) is 2.95. The van der Waals surface area contributed by atoms with E-state index in [1.54, 1.807) is 6.07 Å². The van der Waals surface area contributed by atoms with Crippen molar-refractivity contribution in [2.45, 2.75) is 33.1 Å². The Bertz CT molecular complexity index is 431. The Labute approximate surface area is 114 Å². The van der Waals surface area contributed by atoms with Gasteiger partial charge in [-0.15, -0.1) is 0 Å². The first kappa shape index (κ1) is 13.8. The van der Waals surface area contributed by atoms with Crippen molar-refractivity contribution < 1.29 is 4.79 Å². The number of carbonyl (C=O) groups excluding carboxylic acids is 1. The predicted molar refractivity (Wildman–Crippen MR) is 75.7 cm³/mol. The molecule has 1 aromatic heterocycles. The van der Waals surface area contributed by atoms with Crippen molar-refractivity contribution in [1.29, 1.82) is 0 Å². The van der Waals surface area contributed by atoms with Crippen molar-refractivity contribution in [3.05, 3.63) is 23.4 Å². The van der Waals surface area contributed by atoms with Crippen LogP contribution < -0.4 is 11.3 Å². The first-order valence-electron chi connectivity index (χ1n) is 6.91. The number of aromatic nitrogens is 1. The molecule has 5 heteroatoms. The average molecular weight is 262 g/mol. The van der Waals surface area contributed by atoms with Gasteiger partial charge in [0.1, 0.15) is 5.82 Å². The molecule has 0 atom stereocenters. The first-order valence-corrected chi connectivity index (χ1v) is 6.91. The number of nitrogens with two attached hydrogens (primary N) is 1. The number of hydrogen-bond donors (Lipinski definition) is 2. The maximum Gasteiger partial charge on any atom is 0.254 e. The monoisotopic (exact) mass is 262 g/mol.